The van der Waals surface area contributed by atoms with E-state index in [-0.39, 0.29) is 5.04 Å². The number of benzene rings is 1. The van der Waals surface area contributed by atoms with Gasteiger partial charge < -0.3 is 14.8 Å². The van der Waals surface area contributed by atoms with Crippen LogP contribution >= 0.6 is 11.3 Å². The van der Waals surface area contributed by atoms with E-state index in [1.54, 1.807) is 11.3 Å². The van der Waals surface area contributed by atoms with Crippen LogP contribution in [0.1, 0.15) is 62.0 Å². The number of hydrogen-bond donors (Lipinski definition) is 2. The Labute approximate surface area is 161 Å². The molecule has 2 N–H and O–H groups in total. The smallest absolute Gasteiger partial charge is 0.250 e. The van der Waals surface area contributed by atoms with Gasteiger partial charge in [-0.25, -0.2) is 4.98 Å². The van der Waals surface area contributed by atoms with Crippen LogP contribution in [0, 0.1) is 0 Å². The molecular weight excluding hydrogens is 360 g/mol. The van der Waals surface area contributed by atoms with Crippen LogP contribution < -0.4 is 9.74 Å². The van der Waals surface area contributed by atoms with Gasteiger partial charge in [-0.15, -0.1) is 11.3 Å². The summed E-state index contributed by atoms with van der Waals surface area (Å²) < 4.78 is 6.38. The maximum Gasteiger partial charge on any atom is 0.250 e. The summed E-state index contributed by atoms with van der Waals surface area (Å²) in [5.74, 6) is 0.834. The van der Waals surface area contributed by atoms with E-state index in [2.05, 4.69) is 44.2 Å². The Morgan fingerprint density at radius 3 is 2.77 bits per heavy atom. The van der Waals surface area contributed by atoms with Gasteiger partial charge in [-0.1, -0.05) is 32.9 Å². The largest absolute Gasteiger partial charge is 0.543 e. The lowest BCUT2D eigenvalue weighted by molar-refractivity contribution is 0.215. The molecule has 2 heterocycles. The van der Waals surface area contributed by atoms with Crippen molar-refractivity contribution in [3.05, 3.63) is 45.9 Å². The fourth-order valence-corrected chi connectivity index (χ4v) is 4.82. The lowest BCUT2D eigenvalue weighted by atomic mass is 10.1. The van der Waals surface area contributed by atoms with Crippen LogP contribution in [-0.2, 0) is 0 Å². The van der Waals surface area contributed by atoms with Crippen molar-refractivity contribution in [3.63, 3.8) is 0 Å². The molecule has 142 valence electrons. The molecule has 1 aliphatic heterocycles. The fourth-order valence-electron chi connectivity index (χ4n) is 2.85. The number of aromatic nitrogens is 1. The molecular formula is C20H30N2O2SSi. The lowest BCUT2D eigenvalue weighted by Gasteiger charge is -2.36. The second-order valence-electron chi connectivity index (χ2n) is 8.60. The second kappa shape index (κ2) is 7.42. The lowest BCUT2D eigenvalue weighted by Crippen LogP contribution is -2.43. The fraction of sp³-hybridized carbons (Fsp3) is 0.550. The van der Waals surface area contributed by atoms with Crippen molar-refractivity contribution in [3.8, 4) is 5.75 Å². The number of nitrogens with zero attached hydrogens (tertiary/aromatic N) is 1. The molecule has 0 spiro atoms. The summed E-state index contributed by atoms with van der Waals surface area (Å²) in [7, 11) is -1.90. The van der Waals surface area contributed by atoms with E-state index in [1.165, 1.54) is 6.42 Å². The summed E-state index contributed by atoms with van der Waals surface area (Å²) in [6.07, 6.45) is 1.60. The molecule has 2 aromatic rings. The maximum atomic E-state index is 10.8. The molecule has 6 heteroatoms. The number of aliphatic hydroxyl groups excluding tert-OH is 1. The van der Waals surface area contributed by atoms with E-state index < -0.39 is 14.4 Å². The first-order valence-corrected chi connectivity index (χ1v) is 13.1. The van der Waals surface area contributed by atoms with Crippen molar-refractivity contribution in [1.82, 2.24) is 10.3 Å². The van der Waals surface area contributed by atoms with Crippen molar-refractivity contribution in [2.45, 2.75) is 63.9 Å². The Morgan fingerprint density at radius 1 is 1.35 bits per heavy atom. The Balaban J connectivity index is 1.77. The monoisotopic (exact) mass is 390 g/mol. The van der Waals surface area contributed by atoms with Gasteiger partial charge in [-0.05, 0) is 55.2 Å². The minimum atomic E-state index is -1.90. The number of aliphatic hydroxyl groups is 1. The molecule has 1 aromatic carbocycles. The standard InChI is InChI=1S/C20H30N2O2SSi/c1-20(2,3)26(4,5)24-15-9-6-8-14(12-15)18(23)17-13-25-19(22-17)16-10-7-11-21-16/h6,8-9,12-13,16,18,21,23H,7,10-11H2,1-5H3/t16?,18-/m0/s1. The molecule has 26 heavy (non-hydrogen) atoms. The molecule has 1 aliphatic rings. The molecule has 0 aliphatic carbocycles. The van der Waals surface area contributed by atoms with Crippen molar-refractivity contribution in [2.75, 3.05) is 6.54 Å². The summed E-state index contributed by atoms with van der Waals surface area (Å²) in [6.45, 7) is 12.2. The molecule has 1 saturated heterocycles. The average molecular weight is 391 g/mol. The number of thiazole rings is 1. The normalized spacial score (nSPS) is 19.5. The molecule has 1 aromatic heterocycles. The van der Waals surface area contributed by atoms with Crippen LogP contribution in [0.5, 0.6) is 5.75 Å². The van der Waals surface area contributed by atoms with Gasteiger partial charge in [0.25, 0.3) is 0 Å². The summed E-state index contributed by atoms with van der Waals surface area (Å²) in [4.78, 5) is 4.69. The molecule has 0 saturated carbocycles. The van der Waals surface area contributed by atoms with E-state index in [0.29, 0.717) is 6.04 Å². The predicted molar refractivity (Wildman–Crippen MR) is 110 cm³/mol. The van der Waals surface area contributed by atoms with Crippen LogP contribution in [0.15, 0.2) is 29.6 Å². The Hall–Kier alpha value is -1.21. The van der Waals surface area contributed by atoms with Gasteiger partial charge in [0.1, 0.15) is 16.9 Å². The van der Waals surface area contributed by atoms with E-state index in [0.717, 1.165) is 35.0 Å². The molecule has 2 atom stereocenters. The minimum Gasteiger partial charge on any atom is -0.543 e. The molecule has 4 nitrogen and oxygen atoms in total. The first-order valence-electron chi connectivity index (χ1n) is 9.33. The van der Waals surface area contributed by atoms with Crippen LogP contribution in [0.4, 0.5) is 0 Å². The third-order valence-corrected chi connectivity index (χ3v) is 10.9. The van der Waals surface area contributed by atoms with Gasteiger partial charge in [0.15, 0.2) is 0 Å². The zero-order valence-electron chi connectivity index (χ0n) is 16.4. The summed E-state index contributed by atoms with van der Waals surface area (Å²) in [6, 6.07) is 8.17. The highest BCUT2D eigenvalue weighted by molar-refractivity contribution is 7.09. The van der Waals surface area contributed by atoms with Gasteiger partial charge >= 0.3 is 0 Å². The second-order valence-corrected chi connectivity index (χ2v) is 14.2. The highest BCUT2D eigenvalue weighted by Gasteiger charge is 2.39. The van der Waals surface area contributed by atoms with Gasteiger partial charge in [0, 0.05) is 5.38 Å². The van der Waals surface area contributed by atoms with E-state index in [1.807, 2.05) is 29.6 Å². The molecule has 0 amide bonds. The number of hydrogen-bond acceptors (Lipinski definition) is 5. The number of rotatable bonds is 5. The minimum absolute atomic E-state index is 0.139. The molecule has 0 bridgehead atoms. The van der Waals surface area contributed by atoms with Crippen LogP contribution in [0.2, 0.25) is 18.1 Å². The predicted octanol–water partition coefficient (Wildman–Crippen LogP) is 5.03. The van der Waals surface area contributed by atoms with Gasteiger partial charge in [0.2, 0.25) is 8.32 Å². The maximum absolute atomic E-state index is 10.8. The third-order valence-electron chi connectivity index (χ3n) is 5.53. The first-order chi connectivity index (χ1) is 12.2. The summed E-state index contributed by atoms with van der Waals surface area (Å²) >= 11 is 1.63. The van der Waals surface area contributed by atoms with E-state index >= 15 is 0 Å². The van der Waals surface area contributed by atoms with Crippen LogP contribution in [0.3, 0.4) is 0 Å². The zero-order valence-corrected chi connectivity index (χ0v) is 18.2. The zero-order chi connectivity index (χ0) is 18.9. The van der Waals surface area contributed by atoms with Crippen molar-refractivity contribution < 1.29 is 9.53 Å². The Kier molecular flexibility index (Phi) is 5.58. The van der Waals surface area contributed by atoms with E-state index in [4.69, 9.17) is 4.43 Å². The van der Waals surface area contributed by atoms with Crippen LogP contribution in [0.25, 0.3) is 0 Å². The Bertz CT molecular complexity index is 748. The van der Waals surface area contributed by atoms with Crippen molar-refractivity contribution in [1.29, 1.82) is 0 Å². The average Bonchev–Trinajstić information content (AvgIpc) is 3.24. The number of nitrogens with one attached hydrogen (secondary N) is 1. The molecule has 1 fully saturated rings. The van der Waals surface area contributed by atoms with Crippen LogP contribution in [-0.4, -0.2) is 25.0 Å². The summed E-state index contributed by atoms with van der Waals surface area (Å²) in [5, 5.41) is 17.5. The quantitative estimate of drug-likeness (QED) is 0.703. The van der Waals surface area contributed by atoms with Gasteiger partial charge in [-0.3, -0.25) is 0 Å². The van der Waals surface area contributed by atoms with Gasteiger partial charge in [0.05, 0.1) is 11.7 Å². The molecule has 3 rings (SSSR count). The molecule has 0 radical (unpaired) electrons. The van der Waals surface area contributed by atoms with Gasteiger partial charge in [-0.2, -0.15) is 0 Å². The van der Waals surface area contributed by atoms with Crippen molar-refractivity contribution in [2.24, 2.45) is 0 Å². The van der Waals surface area contributed by atoms with E-state index in [9.17, 15) is 5.11 Å². The highest BCUT2D eigenvalue weighted by atomic mass is 32.1. The molecule has 1 unspecified atom stereocenters. The summed E-state index contributed by atoms with van der Waals surface area (Å²) in [5.41, 5.74) is 1.56. The van der Waals surface area contributed by atoms with Crippen molar-refractivity contribution >= 4 is 19.7 Å². The SMILES string of the molecule is CC(C)(C)[Si](C)(C)Oc1cccc([C@H](O)c2csc(C3CCCN3)n2)c1. The first kappa shape index (κ1) is 19.5. The Morgan fingerprint density at radius 2 is 2.12 bits per heavy atom. The third kappa shape index (κ3) is 4.19. The topological polar surface area (TPSA) is 54.4 Å². The highest BCUT2D eigenvalue weighted by Crippen LogP contribution is 2.38.